The molecular weight excluding hydrogens is 437 g/mol. The summed E-state index contributed by atoms with van der Waals surface area (Å²) in [7, 11) is 3.43. The zero-order chi connectivity index (χ0) is 17.5. The van der Waals surface area contributed by atoms with Crippen LogP contribution in [0.3, 0.4) is 0 Å². The fraction of sp³-hybridized carbons (Fsp3) is 0.812. The molecule has 2 amide bonds. The van der Waals surface area contributed by atoms with Crippen LogP contribution in [0.4, 0.5) is 0 Å². The molecule has 0 aromatic carbocycles. The number of halogens is 1. The molecule has 0 aromatic rings. The Balaban J connectivity index is 0.00000312. The predicted octanol–water partition coefficient (Wildman–Crippen LogP) is -0.0187. The normalized spacial score (nSPS) is 19.5. The number of amides is 2. The summed E-state index contributed by atoms with van der Waals surface area (Å²) in [5.74, 6) is 0.699. The van der Waals surface area contributed by atoms with E-state index in [1.54, 1.807) is 14.1 Å². The Kier molecular flexibility index (Phi) is 9.47. The summed E-state index contributed by atoms with van der Waals surface area (Å²) in [6, 6.07) is 0.270. The number of hydrogen-bond donors (Lipinski definition) is 1. The maximum absolute atomic E-state index is 12.2. The maximum Gasteiger partial charge on any atom is 0.243 e. The van der Waals surface area contributed by atoms with Gasteiger partial charge in [-0.1, -0.05) is 0 Å². The minimum absolute atomic E-state index is 0. The Morgan fingerprint density at radius 2 is 2.00 bits per heavy atom. The van der Waals surface area contributed by atoms with Gasteiger partial charge in [-0.25, -0.2) is 4.99 Å². The standard InChI is InChI=1S/C16H29N5O3.HI/c1-4-20-7-8-21(12-15(20)23)16(17-11-14(22)19(2)3)18-13-5-9-24-10-6-13;/h13H,4-12H2,1-3H3,(H,17,18);1H. The topological polar surface area (TPSA) is 77.5 Å². The highest BCUT2D eigenvalue weighted by atomic mass is 127. The molecule has 8 nitrogen and oxygen atoms in total. The fourth-order valence-corrected chi connectivity index (χ4v) is 2.77. The van der Waals surface area contributed by atoms with Crippen LogP contribution in [-0.2, 0) is 14.3 Å². The van der Waals surface area contributed by atoms with E-state index in [4.69, 9.17) is 4.74 Å². The molecule has 2 aliphatic heterocycles. The molecule has 0 atom stereocenters. The van der Waals surface area contributed by atoms with E-state index in [-0.39, 0.29) is 48.4 Å². The number of ether oxygens (including phenoxy) is 1. The lowest BCUT2D eigenvalue weighted by Crippen LogP contribution is -2.57. The first kappa shape index (κ1) is 21.9. The second-order valence-electron chi connectivity index (χ2n) is 6.35. The summed E-state index contributed by atoms with van der Waals surface area (Å²) >= 11 is 0. The number of carbonyl (C=O) groups excluding carboxylic acids is 2. The minimum atomic E-state index is -0.0557. The van der Waals surface area contributed by atoms with Gasteiger partial charge in [-0.05, 0) is 19.8 Å². The third-order valence-corrected chi connectivity index (χ3v) is 4.42. The van der Waals surface area contributed by atoms with E-state index in [1.807, 2.05) is 16.7 Å². The van der Waals surface area contributed by atoms with Gasteiger partial charge in [0.05, 0.1) is 6.54 Å². The first-order chi connectivity index (χ1) is 11.5. The second kappa shape index (κ2) is 10.8. The van der Waals surface area contributed by atoms with Crippen molar-refractivity contribution in [3.8, 4) is 0 Å². The number of carbonyl (C=O) groups is 2. The molecular formula is C16H30IN5O3. The number of likely N-dealkylation sites (N-methyl/N-ethyl adjacent to an activating group) is 2. The summed E-state index contributed by atoms with van der Waals surface area (Å²) in [6.07, 6.45) is 1.81. The van der Waals surface area contributed by atoms with E-state index >= 15 is 0 Å². The van der Waals surface area contributed by atoms with Gasteiger partial charge in [0.1, 0.15) is 6.54 Å². The first-order valence-electron chi connectivity index (χ1n) is 8.62. The molecule has 2 saturated heterocycles. The van der Waals surface area contributed by atoms with E-state index < -0.39 is 0 Å². The third-order valence-electron chi connectivity index (χ3n) is 4.42. The molecule has 144 valence electrons. The molecule has 0 aliphatic carbocycles. The monoisotopic (exact) mass is 467 g/mol. The molecule has 1 N–H and O–H groups in total. The van der Waals surface area contributed by atoms with Gasteiger partial charge in [-0.15, -0.1) is 24.0 Å². The molecule has 2 rings (SSSR count). The number of hydrogen-bond acceptors (Lipinski definition) is 4. The number of nitrogens with one attached hydrogen (secondary N) is 1. The van der Waals surface area contributed by atoms with E-state index in [1.165, 1.54) is 4.90 Å². The van der Waals surface area contributed by atoms with Crippen LogP contribution < -0.4 is 5.32 Å². The summed E-state index contributed by atoms with van der Waals surface area (Å²) in [5.41, 5.74) is 0. The number of piperazine rings is 1. The zero-order valence-corrected chi connectivity index (χ0v) is 17.7. The van der Waals surface area contributed by atoms with Crippen molar-refractivity contribution in [3.63, 3.8) is 0 Å². The van der Waals surface area contributed by atoms with Crippen LogP contribution in [-0.4, -0.2) is 98.5 Å². The highest BCUT2D eigenvalue weighted by molar-refractivity contribution is 14.0. The number of guanidine groups is 1. The molecule has 9 heteroatoms. The maximum atomic E-state index is 12.2. The molecule has 0 unspecified atom stereocenters. The van der Waals surface area contributed by atoms with Gasteiger partial charge in [0.15, 0.2) is 5.96 Å². The second-order valence-corrected chi connectivity index (χ2v) is 6.35. The van der Waals surface area contributed by atoms with Crippen molar-refractivity contribution < 1.29 is 14.3 Å². The van der Waals surface area contributed by atoms with E-state index in [0.717, 1.165) is 39.1 Å². The molecule has 2 fully saturated rings. The molecule has 0 saturated carbocycles. The smallest absolute Gasteiger partial charge is 0.243 e. The lowest BCUT2D eigenvalue weighted by Gasteiger charge is -2.37. The Labute approximate surface area is 167 Å². The van der Waals surface area contributed by atoms with Gasteiger partial charge in [0, 0.05) is 53.0 Å². The van der Waals surface area contributed by atoms with E-state index in [2.05, 4.69) is 10.3 Å². The van der Waals surface area contributed by atoms with Gasteiger partial charge in [0.25, 0.3) is 0 Å². The van der Waals surface area contributed by atoms with Crippen molar-refractivity contribution in [2.75, 3.05) is 60.0 Å². The number of rotatable bonds is 4. The highest BCUT2D eigenvalue weighted by Gasteiger charge is 2.27. The Morgan fingerprint density at radius 1 is 1.32 bits per heavy atom. The van der Waals surface area contributed by atoms with E-state index in [0.29, 0.717) is 19.0 Å². The summed E-state index contributed by atoms with van der Waals surface area (Å²) in [5, 5.41) is 3.43. The van der Waals surface area contributed by atoms with Crippen LogP contribution in [0.1, 0.15) is 19.8 Å². The van der Waals surface area contributed by atoms with Gasteiger partial charge in [0.2, 0.25) is 11.8 Å². The minimum Gasteiger partial charge on any atom is -0.381 e. The molecule has 0 aromatic heterocycles. The molecule has 0 radical (unpaired) electrons. The lowest BCUT2D eigenvalue weighted by molar-refractivity contribution is -0.134. The Hall–Kier alpha value is -1.10. The van der Waals surface area contributed by atoms with E-state index in [9.17, 15) is 9.59 Å². The van der Waals surface area contributed by atoms with Crippen molar-refractivity contribution in [2.45, 2.75) is 25.8 Å². The van der Waals surface area contributed by atoms with Crippen LogP contribution in [0.15, 0.2) is 4.99 Å². The lowest BCUT2D eigenvalue weighted by atomic mass is 10.1. The fourth-order valence-electron chi connectivity index (χ4n) is 2.77. The third kappa shape index (κ3) is 6.61. The van der Waals surface area contributed by atoms with Gasteiger partial charge < -0.3 is 24.8 Å². The largest absolute Gasteiger partial charge is 0.381 e. The number of aliphatic imine (C=N–C) groups is 1. The molecule has 0 bridgehead atoms. The Bertz CT molecular complexity index is 480. The first-order valence-corrected chi connectivity index (χ1v) is 8.62. The number of nitrogens with zero attached hydrogens (tertiary/aromatic N) is 4. The zero-order valence-electron chi connectivity index (χ0n) is 15.4. The van der Waals surface area contributed by atoms with Crippen molar-refractivity contribution in [1.29, 1.82) is 0 Å². The SMILES string of the molecule is CCN1CCN(C(=NCC(=O)N(C)C)NC2CCOCC2)CC1=O.I. The average molecular weight is 467 g/mol. The van der Waals surface area contributed by atoms with Gasteiger partial charge in [-0.2, -0.15) is 0 Å². The summed E-state index contributed by atoms with van der Waals surface area (Å²) in [4.78, 5) is 33.8. The molecule has 2 aliphatic rings. The molecule has 0 spiro atoms. The van der Waals surface area contributed by atoms with Crippen molar-refractivity contribution >= 4 is 41.8 Å². The van der Waals surface area contributed by atoms with Crippen LogP contribution in [0.5, 0.6) is 0 Å². The molecule has 2 heterocycles. The van der Waals surface area contributed by atoms with Crippen LogP contribution in [0.25, 0.3) is 0 Å². The van der Waals surface area contributed by atoms with Crippen molar-refractivity contribution in [2.24, 2.45) is 4.99 Å². The van der Waals surface area contributed by atoms with Gasteiger partial charge in [-0.3, -0.25) is 9.59 Å². The van der Waals surface area contributed by atoms with Gasteiger partial charge >= 0.3 is 0 Å². The van der Waals surface area contributed by atoms with Crippen molar-refractivity contribution in [1.82, 2.24) is 20.0 Å². The van der Waals surface area contributed by atoms with Crippen LogP contribution >= 0.6 is 24.0 Å². The highest BCUT2D eigenvalue weighted by Crippen LogP contribution is 2.09. The average Bonchev–Trinajstić information content (AvgIpc) is 2.59. The molecule has 25 heavy (non-hydrogen) atoms. The summed E-state index contributed by atoms with van der Waals surface area (Å²) in [6.45, 7) is 5.97. The van der Waals surface area contributed by atoms with Crippen molar-refractivity contribution in [3.05, 3.63) is 0 Å². The summed E-state index contributed by atoms with van der Waals surface area (Å²) < 4.78 is 5.39. The Morgan fingerprint density at radius 3 is 2.56 bits per heavy atom. The van der Waals surface area contributed by atoms with Crippen LogP contribution in [0, 0.1) is 0 Å². The van der Waals surface area contributed by atoms with Crippen LogP contribution in [0.2, 0.25) is 0 Å². The quantitative estimate of drug-likeness (QED) is 0.358. The predicted molar refractivity (Wildman–Crippen MR) is 107 cm³/mol.